The van der Waals surface area contributed by atoms with Gasteiger partial charge in [-0.25, -0.2) is 19.2 Å². The number of aliphatic hydroxyl groups is 1. The zero-order valence-corrected chi connectivity index (χ0v) is 17.7. The number of aliphatic carboxylic acids is 1. The molecule has 4 rings (SSSR count). The first kappa shape index (κ1) is 21.6. The van der Waals surface area contributed by atoms with Gasteiger partial charge in [0.2, 0.25) is 0 Å². The van der Waals surface area contributed by atoms with E-state index < -0.39 is 17.3 Å². The summed E-state index contributed by atoms with van der Waals surface area (Å²) < 4.78 is 19.0. The highest BCUT2D eigenvalue weighted by molar-refractivity contribution is 7.11. The molecular formula is C21H23FN4O4S. The fourth-order valence-electron chi connectivity index (χ4n) is 3.96. The topological polar surface area (TPSA) is 107 Å². The van der Waals surface area contributed by atoms with Crippen LogP contribution in [0.5, 0.6) is 0 Å². The second-order valence-corrected chi connectivity index (χ2v) is 8.44. The molecule has 0 radical (unpaired) electrons. The van der Waals surface area contributed by atoms with Gasteiger partial charge in [0.15, 0.2) is 10.8 Å². The Hall–Kier alpha value is -2.66. The molecule has 10 heteroatoms. The lowest BCUT2D eigenvalue weighted by molar-refractivity contribution is -0.133. The van der Waals surface area contributed by atoms with Crippen molar-refractivity contribution in [3.8, 4) is 0 Å². The van der Waals surface area contributed by atoms with E-state index in [1.54, 1.807) is 25.3 Å². The standard InChI is InChI=1S/C21H23FN4O4S/c1-21(13-2-4-14(22)5-3-13)17(20(28)29)16(10-26-7-8-30-12-15(26)11-27)24-18(25-21)19-23-6-9-31-19/h2-6,9,15,27H,7-8,10-12H2,1H3,(H,24,25)(H,28,29)/t15-,21?/m1/s1. The quantitative estimate of drug-likeness (QED) is 0.618. The predicted molar refractivity (Wildman–Crippen MR) is 113 cm³/mol. The third-order valence-corrected chi connectivity index (χ3v) is 6.35. The summed E-state index contributed by atoms with van der Waals surface area (Å²) in [4.78, 5) is 23.5. The predicted octanol–water partition coefficient (Wildman–Crippen LogP) is 1.58. The normalized spacial score (nSPS) is 24.6. The number of thiazole rings is 1. The molecule has 8 nitrogen and oxygen atoms in total. The van der Waals surface area contributed by atoms with Crippen molar-refractivity contribution in [1.29, 1.82) is 0 Å². The summed E-state index contributed by atoms with van der Waals surface area (Å²) in [5.74, 6) is -1.08. The Balaban J connectivity index is 1.83. The number of nitrogens with one attached hydrogen (secondary N) is 1. The zero-order valence-electron chi connectivity index (χ0n) is 16.9. The number of aromatic nitrogens is 1. The monoisotopic (exact) mass is 446 g/mol. The smallest absolute Gasteiger partial charge is 0.336 e. The van der Waals surface area contributed by atoms with E-state index in [-0.39, 0.29) is 24.8 Å². The largest absolute Gasteiger partial charge is 0.478 e. The van der Waals surface area contributed by atoms with Gasteiger partial charge in [-0.15, -0.1) is 11.3 Å². The molecule has 0 aliphatic carbocycles. The van der Waals surface area contributed by atoms with Gasteiger partial charge in [-0.3, -0.25) is 4.90 Å². The van der Waals surface area contributed by atoms with E-state index in [4.69, 9.17) is 9.73 Å². The molecule has 31 heavy (non-hydrogen) atoms. The third kappa shape index (κ3) is 4.24. The summed E-state index contributed by atoms with van der Waals surface area (Å²) in [7, 11) is 0. The molecule has 1 aromatic heterocycles. The van der Waals surface area contributed by atoms with Crippen LogP contribution in [0.4, 0.5) is 4.39 Å². The molecule has 1 unspecified atom stereocenters. The van der Waals surface area contributed by atoms with Gasteiger partial charge in [-0.05, 0) is 24.6 Å². The van der Waals surface area contributed by atoms with Gasteiger partial charge in [-0.2, -0.15) is 0 Å². The molecular weight excluding hydrogens is 423 g/mol. The molecule has 164 valence electrons. The van der Waals surface area contributed by atoms with E-state index >= 15 is 0 Å². The number of halogens is 1. The number of carboxylic acid groups (broad SMARTS) is 1. The van der Waals surface area contributed by atoms with Gasteiger partial charge in [0.05, 0.1) is 31.4 Å². The van der Waals surface area contributed by atoms with Gasteiger partial charge in [0, 0.05) is 30.4 Å². The minimum atomic E-state index is -1.26. The Morgan fingerprint density at radius 3 is 2.84 bits per heavy atom. The lowest BCUT2D eigenvalue weighted by atomic mass is 9.82. The summed E-state index contributed by atoms with van der Waals surface area (Å²) >= 11 is 1.38. The van der Waals surface area contributed by atoms with Crippen molar-refractivity contribution in [1.82, 2.24) is 15.2 Å². The lowest BCUT2D eigenvalue weighted by Gasteiger charge is -2.39. The average molecular weight is 447 g/mol. The number of carbonyl (C=O) groups is 1. The van der Waals surface area contributed by atoms with Crippen molar-refractivity contribution in [3.63, 3.8) is 0 Å². The van der Waals surface area contributed by atoms with Crippen LogP contribution in [-0.2, 0) is 15.1 Å². The van der Waals surface area contributed by atoms with Crippen LogP contribution >= 0.6 is 11.3 Å². The number of amidine groups is 1. The van der Waals surface area contributed by atoms with Crippen molar-refractivity contribution in [2.45, 2.75) is 18.5 Å². The van der Waals surface area contributed by atoms with Crippen LogP contribution in [0.2, 0.25) is 0 Å². The van der Waals surface area contributed by atoms with Crippen molar-refractivity contribution in [3.05, 3.63) is 63.5 Å². The highest BCUT2D eigenvalue weighted by Gasteiger charge is 2.42. The second-order valence-electron chi connectivity index (χ2n) is 7.54. The Bertz CT molecular complexity index is 1010. The Kier molecular flexibility index (Phi) is 6.15. The fraction of sp³-hybridized carbons (Fsp3) is 0.381. The lowest BCUT2D eigenvalue weighted by Crippen LogP contribution is -2.51. The van der Waals surface area contributed by atoms with Crippen LogP contribution < -0.4 is 5.32 Å². The number of morpholine rings is 1. The molecule has 2 atom stereocenters. The number of aliphatic imine (C=N–C) groups is 1. The van der Waals surface area contributed by atoms with Crippen molar-refractivity contribution >= 4 is 23.1 Å². The summed E-state index contributed by atoms with van der Waals surface area (Å²) in [6, 6.07) is 5.46. The first-order chi connectivity index (χ1) is 14.9. The summed E-state index contributed by atoms with van der Waals surface area (Å²) in [6.45, 7) is 3.29. The Morgan fingerprint density at radius 2 is 2.19 bits per heavy atom. The van der Waals surface area contributed by atoms with E-state index in [1.807, 2.05) is 10.3 Å². The first-order valence-corrected chi connectivity index (χ1v) is 10.7. The van der Waals surface area contributed by atoms with Gasteiger partial charge in [-0.1, -0.05) is 12.1 Å². The number of benzene rings is 1. The third-order valence-electron chi connectivity index (χ3n) is 5.57. The van der Waals surface area contributed by atoms with Crippen LogP contribution in [0.1, 0.15) is 17.5 Å². The number of ether oxygens (including phenoxy) is 1. The molecule has 1 fully saturated rings. The molecule has 0 bridgehead atoms. The van der Waals surface area contributed by atoms with Crippen LogP contribution in [0.15, 0.2) is 52.1 Å². The molecule has 2 aromatic rings. The maximum Gasteiger partial charge on any atom is 0.336 e. The molecule has 3 N–H and O–H groups in total. The van der Waals surface area contributed by atoms with E-state index in [2.05, 4.69) is 10.3 Å². The summed E-state index contributed by atoms with van der Waals surface area (Å²) in [5.41, 5.74) is -0.176. The second kappa shape index (κ2) is 8.83. The Morgan fingerprint density at radius 1 is 1.42 bits per heavy atom. The minimum Gasteiger partial charge on any atom is -0.478 e. The van der Waals surface area contributed by atoms with Crippen LogP contribution in [-0.4, -0.2) is 70.9 Å². The zero-order chi connectivity index (χ0) is 22.0. The maximum absolute atomic E-state index is 13.6. The van der Waals surface area contributed by atoms with Crippen molar-refractivity contribution < 1.29 is 24.1 Å². The number of aliphatic hydroxyl groups excluding tert-OH is 1. The Labute approximate surface area is 182 Å². The van der Waals surface area contributed by atoms with Crippen molar-refractivity contribution in [2.24, 2.45) is 4.99 Å². The van der Waals surface area contributed by atoms with Crippen LogP contribution in [0.25, 0.3) is 0 Å². The highest BCUT2D eigenvalue weighted by atomic mass is 32.1. The molecule has 1 saturated heterocycles. The van der Waals surface area contributed by atoms with E-state index in [9.17, 15) is 19.4 Å². The first-order valence-electron chi connectivity index (χ1n) is 9.84. The highest BCUT2D eigenvalue weighted by Crippen LogP contribution is 2.38. The SMILES string of the molecule is CC1(c2ccc(F)cc2)N=C(c2nccs2)NC(CN2CCOC[C@H]2CO)=C1C(=O)O. The number of hydrogen-bond donors (Lipinski definition) is 3. The molecule has 0 amide bonds. The molecule has 0 saturated carbocycles. The van der Waals surface area contributed by atoms with Gasteiger partial charge < -0.3 is 20.3 Å². The molecule has 0 spiro atoms. The molecule has 1 aromatic carbocycles. The van der Waals surface area contributed by atoms with Gasteiger partial charge in [0.1, 0.15) is 11.4 Å². The van der Waals surface area contributed by atoms with E-state index in [1.165, 1.54) is 23.5 Å². The van der Waals surface area contributed by atoms with Crippen LogP contribution in [0.3, 0.4) is 0 Å². The summed E-state index contributed by atoms with van der Waals surface area (Å²) in [5, 5.41) is 25.5. The van der Waals surface area contributed by atoms with E-state index in [0.717, 1.165) is 0 Å². The number of hydrogen-bond acceptors (Lipinski definition) is 8. The van der Waals surface area contributed by atoms with Crippen molar-refractivity contribution in [2.75, 3.05) is 32.9 Å². The van der Waals surface area contributed by atoms with Gasteiger partial charge in [0.25, 0.3) is 0 Å². The maximum atomic E-state index is 13.6. The molecule has 3 heterocycles. The number of rotatable bonds is 6. The van der Waals surface area contributed by atoms with E-state index in [0.29, 0.717) is 41.9 Å². The summed E-state index contributed by atoms with van der Waals surface area (Å²) in [6.07, 6.45) is 1.65. The van der Waals surface area contributed by atoms with Gasteiger partial charge >= 0.3 is 5.97 Å². The molecule has 2 aliphatic heterocycles. The molecule has 2 aliphatic rings. The number of nitrogens with zero attached hydrogens (tertiary/aromatic N) is 3. The number of carboxylic acids is 1. The minimum absolute atomic E-state index is 0.0718. The average Bonchev–Trinajstić information content (AvgIpc) is 3.29. The van der Waals surface area contributed by atoms with Crippen LogP contribution in [0, 0.1) is 5.82 Å². The fourth-order valence-corrected chi connectivity index (χ4v) is 4.54.